The van der Waals surface area contributed by atoms with Crippen molar-refractivity contribution in [3.8, 4) is 0 Å². The number of ketones is 1. The molecule has 1 aromatic carbocycles. The third-order valence-electron chi connectivity index (χ3n) is 4.88. The second kappa shape index (κ2) is 6.98. The Hall–Kier alpha value is -2.18. The molecule has 0 bridgehead atoms. The summed E-state index contributed by atoms with van der Waals surface area (Å²) in [4.78, 5) is 20.4. The summed E-state index contributed by atoms with van der Waals surface area (Å²) in [6.45, 7) is 2.25. The summed E-state index contributed by atoms with van der Waals surface area (Å²) in [5, 5.41) is 5.62. The minimum absolute atomic E-state index is 0.0545. The van der Waals surface area contributed by atoms with E-state index in [0.717, 1.165) is 42.0 Å². The van der Waals surface area contributed by atoms with E-state index in [4.69, 9.17) is 23.1 Å². The van der Waals surface area contributed by atoms with Gasteiger partial charge in [-0.1, -0.05) is 36.6 Å². The molecule has 6 nitrogen and oxygen atoms in total. The predicted octanol–water partition coefficient (Wildman–Crippen LogP) is 2.78. The van der Waals surface area contributed by atoms with E-state index >= 15 is 0 Å². The average molecular weight is 360 g/mol. The Morgan fingerprint density at radius 3 is 2.68 bits per heavy atom. The fourth-order valence-electron chi connectivity index (χ4n) is 3.47. The number of guanidine groups is 1. The molecule has 0 spiro atoms. The zero-order valence-electron chi connectivity index (χ0n) is 14.2. The zero-order valence-corrected chi connectivity index (χ0v) is 14.9. The molecule has 0 aliphatic heterocycles. The standard InChI is InChI=1S/C18H22ClN5O/c1-11(25)18(6-2-3-7-18)23-9-12-4-5-13-14(8-12)16(24-17(20)21)22-10-15(13)19/h4-5,8,10,23H,2-3,6-7,9H2,1H3,(H4,20,21,22,24). The number of rotatable bonds is 5. The van der Waals surface area contributed by atoms with Crippen molar-refractivity contribution in [3.05, 3.63) is 35.0 Å². The lowest BCUT2D eigenvalue weighted by Crippen LogP contribution is -2.48. The third-order valence-corrected chi connectivity index (χ3v) is 5.18. The molecule has 1 heterocycles. The second-order valence-electron chi connectivity index (χ2n) is 6.55. The van der Waals surface area contributed by atoms with Gasteiger partial charge in [-0.05, 0) is 31.4 Å². The lowest BCUT2D eigenvalue weighted by Gasteiger charge is -2.27. The quantitative estimate of drug-likeness (QED) is 0.562. The smallest absolute Gasteiger partial charge is 0.192 e. The molecule has 132 valence electrons. The van der Waals surface area contributed by atoms with Crippen LogP contribution in [0.1, 0.15) is 38.2 Å². The van der Waals surface area contributed by atoms with Gasteiger partial charge < -0.3 is 16.8 Å². The molecule has 7 heteroatoms. The van der Waals surface area contributed by atoms with Gasteiger partial charge in [0.2, 0.25) is 0 Å². The monoisotopic (exact) mass is 359 g/mol. The van der Waals surface area contributed by atoms with Crippen LogP contribution in [0.2, 0.25) is 5.02 Å². The molecule has 3 rings (SSSR count). The van der Waals surface area contributed by atoms with Gasteiger partial charge >= 0.3 is 0 Å². The lowest BCUT2D eigenvalue weighted by molar-refractivity contribution is -0.123. The molecule has 1 aromatic heterocycles. The fraction of sp³-hybridized carbons (Fsp3) is 0.389. The van der Waals surface area contributed by atoms with Crippen molar-refractivity contribution in [1.29, 1.82) is 0 Å². The van der Waals surface area contributed by atoms with Gasteiger partial charge in [0.25, 0.3) is 0 Å². The number of hydrogen-bond donors (Lipinski definition) is 3. The minimum Gasteiger partial charge on any atom is -0.370 e. The molecule has 0 atom stereocenters. The van der Waals surface area contributed by atoms with E-state index in [-0.39, 0.29) is 11.7 Å². The third kappa shape index (κ3) is 3.60. The molecule has 1 saturated carbocycles. The molecule has 0 unspecified atom stereocenters. The van der Waals surface area contributed by atoms with Gasteiger partial charge in [-0.15, -0.1) is 0 Å². The van der Waals surface area contributed by atoms with E-state index in [0.29, 0.717) is 17.4 Å². The lowest BCUT2D eigenvalue weighted by atomic mass is 9.92. The molecule has 1 fully saturated rings. The number of pyridine rings is 1. The Labute approximate surface area is 151 Å². The molecule has 0 saturated heterocycles. The molecule has 0 radical (unpaired) electrons. The first-order valence-corrected chi connectivity index (χ1v) is 8.72. The summed E-state index contributed by atoms with van der Waals surface area (Å²) in [5.41, 5.74) is 11.6. The van der Waals surface area contributed by atoms with Crippen LogP contribution >= 0.6 is 11.6 Å². The van der Waals surface area contributed by atoms with Crippen LogP contribution in [-0.4, -0.2) is 22.3 Å². The molecule has 0 amide bonds. The molecule has 25 heavy (non-hydrogen) atoms. The van der Waals surface area contributed by atoms with Gasteiger partial charge in [-0.25, -0.2) is 4.98 Å². The fourth-order valence-corrected chi connectivity index (χ4v) is 3.68. The van der Waals surface area contributed by atoms with Crippen LogP contribution in [0.25, 0.3) is 10.8 Å². The number of aromatic nitrogens is 1. The van der Waals surface area contributed by atoms with Gasteiger partial charge in [0.05, 0.1) is 10.6 Å². The number of hydrogen-bond acceptors (Lipinski definition) is 4. The number of carbonyl (C=O) groups excluding carboxylic acids is 1. The van der Waals surface area contributed by atoms with Gasteiger partial charge in [-0.2, -0.15) is 4.99 Å². The van der Waals surface area contributed by atoms with Crippen molar-refractivity contribution in [1.82, 2.24) is 10.3 Å². The number of benzene rings is 1. The molecule has 2 aromatic rings. The van der Waals surface area contributed by atoms with E-state index in [9.17, 15) is 4.79 Å². The highest BCUT2D eigenvalue weighted by molar-refractivity contribution is 6.35. The highest BCUT2D eigenvalue weighted by Gasteiger charge is 2.37. The van der Waals surface area contributed by atoms with Gasteiger partial charge in [-0.3, -0.25) is 4.79 Å². The minimum atomic E-state index is -0.399. The van der Waals surface area contributed by atoms with Crippen LogP contribution in [0, 0.1) is 0 Å². The number of nitrogens with zero attached hydrogens (tertiary/aromatic N) is 2. The maximum atomic E-state index is 12.1. The maximum absolute atomic E-state index is 12.1. The number of fused-ring (bicyclic) bond motifs is 1. The van der Waals surface area contributed by atoms with E-state index < -0.39 is 5.54 Å². The summed E-state index contributed by atoms with van der Waals surface area (Å²) >= 11 is 6.23. The molecule has 1 aliphatic carbocycles. The summed E-state index contributed by atoms with van der Waals surface area (Å²) in [6.07, 6.45) is 5.48. The number of aliphatic imine (C=N–C) groups is 1. The highest BCUT2D eigenvalue weighted by atomic mass is 35.5. The molecular formula is C18H22ClN5O. The number of nitrogens with two attached hydrogens (primary N) is 2. The largest absolute Gasteiger partial charge is 0.370 e. The van der Waals surface area contributed by atoms with Crippen LogP contribution in [-0.2, 0) is 11.3 Å². The van der Waals surface area contributed by atoms with Crippen molar-refractivity contribution in [2.45, 2.75) is 44.7 Å². The number of nitrogens with one attached hydrogen (secondary N) is 1. The van der Waals surface area contributed by atoms with Crippen LogP contribution in [0.5, 0.6) is 0 Å². The average Bonchev–Trinajstić information content (AvgIpc) is 3.06. The Morgan fingerprint density at radius 1 is 1.32 bits per heavy atom. The zero-order chi connectivity index (χ0) is 18.0. The van der Waals surface area contributed by atoms with Crippen molar-refractivity contribution in [2.75, 3.05) is 0 Å². The van der Waals surface area contributed by atoms with Crippen LogP contribution in [0.4, 0.5) is 5.82 Å². The van der Waals surface area contributed by atoms with E-state index in [2.05, 4.69) is 15.3 Å². The second-order valence-corrected chi connectivity index (χ2v) is 6.95. The Balaban J connectivity index is 1.93. The van der Waals surface area contributed by atoms with Crippen molar-refractivity contribution in [3.63, 3.8) is 0 Å². The molecule has 5 N–H and O–H groups in total. The van der Waals surface area contributed by atoms with E-state index in [1.807, 2.05) is 18.2 Å². The summed E-state index contributed by atoms with van der Waals surface area (Å²) in [5.74, 6) is 0.584. The van der Waals surface area contributed by atoms with Gasteiger partial charge in [0.1, 0.15) is 5.78 Å². The highest BCUT2D eigenvalue weighted by Crippen LogP contribution is 2.32. The van der Waals surface area contributed by atoms with Crippen LogP contribution < -0.4 is 16.8 Å². The molecular weight excluding hydrogens is 338 g/mol. The summed E-state index contributed by atoms with van der Waals surface area (Å²) in [7, 11) is 0. The van der Waals surface area contributed by atoms with Crippen molar-refractivity contribution >= 4 is 39.9 Å². The first-order chi connectivity index (χ1) is 11.9. The number of halogens is 1. The predicted molar refractivity (Wildman–Crippen MR) is 101 cm³/mol. The van der Waals surface area contributed by atoms with Crippen molar-refractivity contribution in [2.24, 2.45) is 16.5 Å². The Morgan fingerprint density at radius 2 is 2.04 bits per heavy atom. The van der Waals surface area contributed by atoms with Crippen LogP contribution in [0.3, 0.4) is 0 Å². The van der Waals surface area contributed by atoms with Gasteiger partial charge in [0.15, 0.2) is 11.8 Å². The summed E-state index contributed by atoms with van der Waals surface area (Å²) in [6, 6.07) is 5.88. The SMILES string of the molecule is CC(=O)C1(NCc2ccc3c(Cl)cnc(N=C(N)N)c3c2)CCCC1. The van der Waals surface area contributed by atoms with Gasteiger partial charge in [0, 0.05) is 23.5 Å². The normalized spacial score (nSPS) is 16.1. The number of Topliss-reactive ketones (excluding diaryl/α,β-unsaturated/α-hetero) is 1. The van der Waals surface area contributed by atoms with Crippen LogP contribution in [0.15, 0.2) is 29.4 Å². The first-order valence-electron chi connectivity index (χ1n) is 8.34. The Bertz CT molecular complexity index is 839. The maximum Gasteiger partial charge on any atom is 0.192 e. The molecule has 1 aliphatic rings. The topological polar surface area (TPSA) is 106 Å². The van der Waals surface area contributed by atoms with E-state index in [1.54, 1.807) is 6.92 Å². The number of carbonyl (C=O) groups is 1. The Kier molecular flexibility index (Phi) is 4.92. The van der Waals surface area contributed by atoms with E-state index in [1.165, 1.54) is 6.20 Å². The summed E-state index contributed by atoms with van der Waals surface area (Å²) < 4.78 is 0. The first kappa shape index (κ1) is 17.6. The van der Waals surface area contributed by atoms with Crippen molar-refractivity contribution < 1.29 is 4.79 Å².